The zero-order valence-electron chi connectivity index (χ0n) is 12.2. The van der Waals surface area contributed by atoms with Crippen molar-refractivity contribution in [2.24, 2.45) is 5.92 Å². The van der Waals surface area contributed by atoms with Gasteiger partial charge in [-0.3, -0.25) is 9.59 Å². The molecule has 6 nitrogen and oxygen atoms in total. The lowest BCUT2D eigenvalue weighted by Gasteiger charge is -2.15. The number of aliphatic carboxylic acids is 1. The Morgan fingerprint density at radius 1 is 1.14 bits per heavy atom. The second kappa shape index (κ2) is 7.52. The van der Waals surface area contributed by atoms with E-state index in [2.05, 4.69) is 5.32 Å². The SMILES string of the molecule is CC(CCCC(C)C(=O)O)NC(=O)c1c(O)cccc1O. The molecule has 2 unspecified atom stereocenters. The molecule has 116 valence electrons. The predicted molar refractivity (Wildman–Crippen MR) is 77.4 cm³/mol. The maximum absolute atomic E-state index is 12.0. The minimum absolute atomic E-state index is 0.150. The molecule has 6 heteroatoms. The number of aromatic hydroxyl groups is 2. The van der Waals surface area contributed by atoms with Crippen LogP contribution in [0.25, 0.3) is 0 Å². The van der Waals surface area contributed by atoms with Crippen molar-refractivity contribution in [2.45, 2.75) is 39.2 Å². The van der Waals surface area contributed by atoms with Gasteiger partial charge in [-0.25, -0.2) is 0 Å². The van der Waals surface area contributed by atoms with Gasteiger partial charge in [0, 0.05) is 6.04 Å². The van der Waals surface area contributed by atoms with Crippen LogP contribution in [0, 0.1) is 5.92 Å². The van der Waals surface area contributed by atoms with Gasteiger partial charge in [-0.05, 0) is 31.9 Å². The minimum Gasteiger partial charge on any atom is -0.507 e. The van der Waals surface area contributed by atoms with Crippen LogP contribution in [0.15, 0.2) is 18.2 Å². The van der Waals surface area contributed by atoms with E-state index in [1.54, 1.807) is 13.8 Å². The molecule has 0 spiro atoms. The molecule has 4 N–H and O–H groups in total. The minimum atomic E-state index is -0.828. The standard InChI is InChI=1S/C15H21NO5/c1-9(15(20)21)5-3-6-10(2)16-14(19)13-11(17)7-4-8-12(13)18/h4,7-10,17-18H,3,5-6H2,1-2H3,(H,16,19)(H,20,21). The van der Waals surface area contributed by atoms with E-state index in [-0.39, 0.29) is 23.1 Å². The first-order chi connectivity index (χ1) is 9.82. The summed E-state index contributed by atoms with van der Waals surface area (Å²) in [6.45, 7) is 3.44. The highest BCUT2D eigenvalue weighted by Gasteiger charge is 2.18. The van der Waals surface area contributed by atoms with E-state index in [4.69, 9.17) is 5.11 Å². The van der Waals surface area contributed by atoms with Crippen molar-refractivity contribution in [1.29, 1.82) is 0 Å². The van der Waals surface area contributed by atoms with Crippen molar-refractivity contribution in [3.8, 4) is 11.5 Å². The topological polar surface area (TPSA) is 107 Å². The molecule has 21 heavy (non-hydrogen) atoms. The lowest BCUT2D eigenvalue weighted by molar-refractivity contribution is -0.141. The number of benzene rings is 1. The highest BCUT2D eigenvalue weighted by molar-refractivity contribution is 5.99. The van der Waals surface area contributed by atoms with E-state index in [0.717, 1.165) is 0 Å². The van der Waals surface area contributed by atoms with Gasteiger partial charge in [0.25, 0.3) is 5.91 Å². The van der Waals surface area contributed by atoms with Crippen LogP contribution < -0.4 is 5.32 Å². The molecule has 0 heterocycles. The number of carboxylic acid groups (broad SMARTS) is 1. The molecule has 0 aliphatic heterocycles. The molecule has 1 aromatic rings. The highest BCUT2D eigenvalue weighted by atomic mass is 16.4. The normalized spacial score (nSPS) is 13.4. The summed E-state index contributed by atoms with van der Waals surface area (Å²) in [5.41, 5.74) is -0.150. The fourth-order valence-corrected chi connectivity index (χ4v) is 1.98. The van der Waals surface area contributed by atoms with E-state index in [1.165, 1.54) is 18.2 Å². The summed E-state index contributed by atoms with van der Waals surface area (Å²) in [5, 5.41) is 30.6. The van der Waals surface area contributed by atoms with Gasteiger partial charge in [0.15, 0.2) is 0 Å². The van der Waals surface area contributed by atoms with Gasteiger partial charge in [0.05, 0.1) is 5.92 Å². The number of rotatable bonds is 7. The molecule has 0 aromatic heterocycles. The molecule has 2 atom stereocenters. The van der Waals surface area contributed by atoms with Crippen LogP contribution in [0.5, 0.6) is 11.5 Å². The lowest BCUT2D eigenvalue weighted by atomic mass is 10.0. The van der Waals surface area contributed by atoms with Gasteiger partial charge in [0.2, 0.25) is 0 Å². The van der Waals surface area contributed by atoms with E-state index in [1.807, 2.05) is 0 Å². The number of phenolic OH excluding ortho intramolecular Hbond substituents is 2. The molecular formula is C15H21NO5. The summed E-state index contributed by atoms with van der Waals surface area (Å²) in [4.78, 5) is 22.7. The fourth-order valence-electron chi connectivity index (χ4n) is 1.98. The van der Waals surface area contributed by atoms with Gasteiger partial charge < -0.3 is 20.6 Å². The monoisotopic (exact) mass is 295 g/mol. The van der Waals surface area contributed by atoms with E-state index in [9.17, 15) is 19.8 Å². The van der Waals surface area contributed by atoms with Crippen LogP contribution in [0.1, 0.15) is 43.5 Å². The molecule has 0 bridgehead atoms. The number of amides is 1. The van der Waals surface area contributed by atoms with Crippen molar-refractivity contribution >= 4 is 11.9 Å². The average Bonchev–Trinajstić information content (AvgIpc) is 2.37. The number of phenols is 2. The molecule has 0 radical (unpaired) electrons. The van der Waals surface area contributed by atoms with Crippen molar-refractivity contribution in [1.82, 2.24) is 5.32 Å². The molecule has 0 aliphatic rings. The maximum atomic E-state index is 12.0. The van der Waals surface area contributed by atoms with E-state index >= 15 is 0 Å². The zero-order chi connectivity index (χ0) is 16.0. The second-order valence-electron chi connectivity index (χ2n) is 5.22. The smallest absolute Gasteiger partial charge is 0.306 e. The molecule has 0 aliphatic carbocycles. The number of hydrogen-bond donors (Lipinski definition) is 4. The number of carbonyl (C=O) groups excluding carboxylic acids is 1. The Morgan fingerprint density at radius 3 is 2.24 bits per heavy atom. The van der Waals surface area contributed by atoms with E-state index in [0.29, 0.717) is 19.3 Å². The zero-order valence-corrected chi connectivity index (χ0v) is 12.2. The summed E-state index contributed by atoms with van der Waals surface area (Å²) in [7, 11) is 0. The van der Waals surface area contributed by atoms with Crippen LogP contribution in [0.4, 0.5) is 0 Å². The van der Waals surface area contributed by atoms with Gasteiger partial charge in [-0.15, -0.1) is 0 Å². The first-order valence-electron chi connectivity index (χ1n) is 6.87. The maximum Gasteiger partial charge on any atom is 0.306 e. The Kier molecular flexibility index (Phi) is 6.02. The third kappa shape index (κ3) is 4.98. The Hall–Kier alpha value is -2.24. The summed E-state index contributed by atoms with van der Waals surface area (Å²) >= 11 is 0. The number of carbonyl (C=O) groups is 2. The number of carboxylic acids is 1. The Bertz CT molecular complexity index is 495. The third-order valence-electron chi connectivity index (χ3n) is 3.32. The van der Waals surface area contributed by atoms with Crippen molar-refractivity contribution in [3.05, 3.63) is 23.8 Å². The molecule has 1 aromatic carbocycles. The fraction of sp³-hybridized carbons (Fsp3) is 0.467. The Morgan fingerprint density at radius 2 is 1.71 bits per heavy atom. The highest BCUT2D eigenvalue weighted by Crippen LogP contribution is 2.26. The summed E-state index contributed by atoms with van der Waals surface area (Å²) in [6.07, 6.45) is 1.83. The second-order valence-corrected chi connectivity index (χ2v) is 5.22. The van der Waals surface area contributed by atoms with Crippen molar-refractivity contribution in [2.75, 3.05) is 0 Å². The molecule has 0 fully saturated rings. The van der Waals surface area contributed by atoms with Gasteiger partial charge >= 0.3 is 5.97 Å². The first kappa shape index (κ1) is 16.8. The van der Waals surface area contributed by atoms with Crippen LogP contribution in [-0.4, -0.2) is 33.2 Å². The Labute approximate surface area is 123 Å². The third-order valence-corrected chi connectivity index (χ3v) is 3.32. The van der Waals surface area contributed by atoms with Crippen LogP contribution >= 0.6 is 0 Å². The van der Waals surface area contributed by atoms with Crippen LogP contribution in [-0.2, 0) is 4.79 Å². The van der Waals surface area contributed by atoms with Gasteiger partial charge in [0.1, 0.15) is 17.1 Å². The molecule has 0 saturated carbocycles. The Balaban J connectivity index is 2.49. The molecule has 0 saturated heterocycles. The summed E-state index contributed by atoms with van der Waals surface area (Å²) < 4.78 is 0. The number of nitrogens with one attached hydrogen (secondary N) is 1. The van der Waals surface area contributed by atoms with Crippen molar-refractivity contribution in [3.63, 3.8) is 0 Å². The quantitative estimate of drug-likeness (QED) is 0.616. The lowest BCUT2D eigenvalue weighted by Crippen LogP contribution is -2.32. The first-order valence-corrected chi connectivity index (χ1v) is 6.87. The summed E-state index contributed by atoms with van der Waals surface area (Å²) in [5.74, 6) is -2.34. The molecular weight excluding hydrogens is 274 g/mol. The predicted octanol–water partition coefficient (Wildman–Crippen LogP) is 2.11. The molecule has 1 rings (SSSR count). The largest absolute Gasteiger partial charge is 0.507 e. The average molecular weight is 295 g/mol. The van der Waals surface area contributed by atoms with Gasteiger partial charge in [-0.1, -0.05) is 19.4 Å². The van der Waals surface area contributed by atoms with E-state index < -0.39 is 17.8 Å². The summed E-state index contributed by atoms with van der Waals surface area (Å²) in [6, 6.07) is 3.91. The number of hydrogen-bond acceptors (Lipinski definition) is 4. The van der Waals surface area contributed by atoms with Gasteiger partial charge in [-0.2, -0.15) is 0 Å². The van der Waals surface area contributed by atoms with Crippen LogP contribution in [0.3, 0.4) is 0 Å². The van der Waals surface area contributed by atoms with Crippen LogP contribution in [0.2, 0.25) is 0 Å². The molecule has 1 amide bonds. The van der Waals surface area contributed by atoms with Crippen molar-refractivity contribution < 1.29 is 24.9 Å².